The fourth-order valence-corrected chi connectivity index (χ4v) is 3.90. The normalized spacial score (nSPS) is 8.81. The molecule has 0 aromatic heterocycles. The van der Waals surface area contributed by atoms with E-state index >= 15 is 0 Å². The molecular weight excluding hydrogens is 419 g/mol. The average molecular weight is 444 g/mol. The third-order valence-corrected chi connectivity index (χ3v) is 5.36. The summed E-state index contributed by atoms with van der Waals surface area (Å²) in [6.07, 6.45) is 3.28. The van der Waals surface area contributed by atoms with Crippen molar-refractivity contribution in [2.24, 2.45) is 0 Å². The zero-order chi connectivity index (χ0) is 12.9. The summed E-state index contributed by atoms with van der Waals surface area (Å²) in [5.41, 5.74) is 0. The minimum Gasteiger partial charge on any atom is -0.481 e. The van der Waals surface area contributed by atoms with Gasteiger partial charge in [-0.2, -0.15) is 0 Å². The van der Waals surface area contributed by atoms with Crippen molar-refractivity contribution in [3.63, 3.8) is 0 Å². The molecule has 0 unspecified atom stereocenters. The molecule has 6 heteroatoms. The first-order valence-corrected chi connectivity index (χ1v) is 10.2. The predicted molar refractivity (Wildman–Crippen MR) is 72.5 cm³/mol. The molecule has 0 saturated carbocycles. The number of hydrogen-bond acceptors (Lipinski definition) is 2. The van der Waals surface area contributed by atoms with Crippen molar-refractivity contribution in [2.45, 2.75) is 33.1 Å². The number of aliphatic carboxylic acids is 1. The molecular formula is C10H24O3PtSi2. The summed E-state index contributed by atoms with van der Waals surface area (Å²) in [6, 6.07) is 0. The first-order chi connectivity index (χ1) is 6.71. The van der Waals surface area contributed by atoms with E-state index in [-0.39, 0.29) is 30.8 Å². The Balaban J connectivity index is -0.0000000700. The Morgan fingerprint density at radius 3 is 1.56 bits per heavy atom. The van der Waals surface area contributed by atoms with Gasteiger partial charge in [0.25, 0.3) is 5.97 Å². The van der Waals surface area contributed by atoms with E-state index in [1.165, 1.54) is 0 Å². The molecule has 0 aliphatic heterocycles. The number of carboxylic acid groups (broad SMARTS) is 1. The zero-order valence-corrected chi connectivity index (χ0v) is 15.5. The van der Waals surface area contributed by atoms with E-state index in [4.69, 9.17) is 14.0 Å². The zero-order valence-electron chi connectivity index (χ0n) is 10.9. The average Bonchev–Trinajstić information content (AvgIpc) is 2.01. The van der Waals surface area contributed by atoms with Gasteiger partial charge in [0.1, 0.15) is 9.76 Å². The molecule has 0 rings (SSSR count). The van der Waals surface area contributed by atoms with Gasteiger partial charge in [0.05, 0.1) is 0 Å². The number of rotatable bonds is 3. The van der Waals surface area contributed by atoms with E-state index in [2.05, 4.69) is 39.3 Å². The van der Waals surface area contributed by atoms with E-state index in [1.807, 2.05) is 0 Å². The summed E-state index contributed by atoms with van der Waals surface area (Å²) >= 11 is 0. The van der Waals surface area contributed by atoms with Gasteiger partial charge in [-0.3, -0.25) is 4.79 Å². The molecule has 0 heterocycles. The smallest absolute Gasteiger partial charge is 0.300 e. The number of carbonyl (C=O) groups is 1. The number of allylic oxidation sites excluding steroid dienone is 2. The quantitative estimate of drug-likeness (QED) is 0.538. The maximum absolute atomic E-state index is 9.00. The van der Waals surface area contributed by atoms with E-state index in [1.54, 1.807) is 12.2 Å². The van der Waals surface area contributed by atoms with E-state index in [0.29, 0.717) is 0 Å². The summed E-state index contributed by atoms with van der Waals surface area (Å²) in [4.78, 5) is 9.00. The summed E-state index contributed by atoms with van der Waals surface area (Å²) in [5.74, 6) is -0.833. The third-order valence-electron chi connectivity index (χ3n) is 0.744. The van der Waals surface area contributed by atoms with Crippen LogP contribution < -0.4 is 0 Å². The Kier molecular flexibility index (Phi) is 27.3. The largest absolute Gasteiger partial charge is 0.481 e. The van der Waals surface area contributed by atoms with Crippen LogP contribution in [0.2, 0.25) is 26.2 Å². The molecule has 3 nitrogen and oxygen atoms in total. The third kappa shape index (κ3) is 94.1. The second-order valence-electron chi connectivity index (χ2n) is 3.54. The van der Waals surface area contributed by atoms with Gasteiger partial charge in [0.15, 0.2) is 8.32 Å². The molecule has 0 aromatic rings. The molecule has 0 amide bonds. The van der Waals surface area contributed by atoms with Gasteiger partial charge in [-0.25, -0.2) is 0 Å². The Morgan fingerprint density at radius 1 is 1.31 bits per heavy atom. The van der Waals surface area contributed by atoms with Crippen LogP contribution in [0.15, 0.2) is 25.3 Å². The van der Waals surface area contributed by atoms with Gasteiger partial charge in [0.2, 0.25) is 0 Å². The van der Waals surface area contributed by atoms with Crippen molar-refractivity contribution >= 4 is 24.0 Å². The Morgan fingerprint density at radius 2 is 1.56 bits per heavy atom. The van der Waals surface area contributed by atoms with Crippen LogP contribution in [0.4, 0.5) is 0 Å². The van der Waals surface area contributed by atoms with Crippen molar-refractivity contribution < 1.29 is 35.1 Å². The van der Waals surface area contributed by atoms with Crippen LogP contribution in [0.3, 0.4) is 0 Å². The fraction of sp³-hybridized carbons (Fsp3) is 0.500. The number of hydrogen-bond donors (Lipinski definition) is 1. The SMILES string of the molecule is C=CC=C.CC(=O)O.C[SiH2]O[Si](C)(C)C.[Pt]. The van der Waals surface area contributed by atoms with Gasteiger partial charge in [-0.15, -0.1) is 0 Å². The van der Waals surface area contributed by atoms with Crippen molar-refractivity contribution in [1.29, 1.82) is 0 Å². The second kappa shape index (κ2) is 17.4. The van der Waals surface area contributed by atoms with E-state index < -0.39 is 14.3 Å². The fourth-order valence-electron chi connectivity index (χ4n) is 0.433. The molecule has 1 N–H and O–H groups in total. The van der Waals surface area contributed by atoms with Gasteiger partial charge in [0, 0.05) is 28.0 Å². The Labute approximate surface area is 117 Å². The summed E-state index contributed by atoms with van der Waals surface area (Å²) in [5, 5.41) is 7.42. The molecule has 0 atom stereocenters. The molecule has 100 valence electrons. The molecule has 0 saturated heterocycles. The molecule has 16 heavy (non-hydrogen) atoms. The summed E-state index contributed by atoms with van der Waals surface area (Å²) < 4.78 is 5.51. The van der Waals surface area contributed by atoms with E-state index in [9.17, 15) is 0 Å². The Hall–Kier alpha value is 0.0321. The van der Waals surface area contributed by atoms with Crippen LogP contribution in [0.25, 0.3) is 0 Å². The van der Waals surface area contributed by atoms with Crippen molar-refractivity contribution in [1.82, 2.24) is 0 Å². The molecule has 0 fully saturated rings. The molecule has 0 aliphatic rings. The first-order valence-electron chi connectivity index (χ1n) is 4.78. The monoisotopic (exact) mass is 443 g/mol. The van der Waals surface area contributed by atoms with Crippen molar-refractivity contribution in [3.8, 4) is 0 Å². The van der Waals surface area contributed by atoms with Crippen LogP contribution >= 0.6 is 0 Å². The summed E-state index contributed by atoms with van der Waals surface area (Å²) in [6.45, 7) is 16.7. The van der Waals surface area contributed by atoms with Gasteiger partial charge in [-0.1, -0.05) is 31.9 Å². The van der Waals surface area contributed by atoms with Crippen LogP contribution in [0.5, 0.6) is 0 Å². The predicted octanol–water partition coefficient (Wildman–Crippen LogP) is 2.42. The molecule has 0 aliphatic carbocycles. The van der Waals surface area contributed by atoms with Gasteiger partial charge in [-0.05, 0) is 19.6 Å². The molecule has 0 spiro atoms. The summed E-state index contributed by atoms with van der Waals surface area (Å²) in [7, 11) is -1.22. The number of carboxylic acids is 1. The molecule has 0 aromatic carbocycles. The topological polar surface area (TPSA) is 46.5 Å². The minimum absolute atomic E-state index is 0. The maximum atomic E-state index is 9.00. The second-order valence-corrected chi connectivity index (χ2v) is 9.49. The van der Waals surface area contributed by atoms with E-state index in [0.717, 1.165) is 6.92 Å². The van der Waals surface area contributed by atoms with Crippen LogP contribution in [0.1, 0.15) is 6.92 Å². The van der Waals surface area contributed by atoms with Crippen LogP contribution in [0, 0.1) is 0 Å². The van der Waals surface area contributed by atoms with Crippen LogP contribution in [-0.4, -0.2) is 29.2 Å². The molecule has 0 bridgehead atoms. The minimum atomic E-state index is -1.10. The Bertz CT molecular complexity index is 169. The van der Waals surface area contributed by atoms with Crippen LogP contribution in [-0.2, 0) is 30.0 Å². The maximum Gasteiger partial charge on any atom is 0.300 e. The van der Waals surface area contributed by atoms with Crippen molar-refractivity contribution in [3.05, 3.63) is 25.3 Å². The molecule has 0 radical (unpaired) electrons. The standard InChI is InChI=1S/C4H14OSi2.C4H6.C2H4O2.Pt/c1-6-5-7(2,3)4;1-3-4-2;1-2(3)4;/h6H2,1-4H3;3-4H,1-2H2;1H3,(H,3,4);. The van der Waals surface area contributed by atoms with Gasteiger partial charge >= 0.3 is 0 Å². The van der Waals surface area contributed by atoms with Gasteiger partial charge < -0.3 is 9.22 Å². The van der Waals surface area contributed by atoms with Crippen molar-refractivity contribution in [2.75, 3.05) is 0 Å². The first kappa shape index (κ1) is 25.0.